The molecule has 0 aromatic carbocycles. The number of nitrogens with two attached hydrogens (primary N) is 1. The molecule has 1 unspecified atom stereocenters. The largest absolute Gasteiger partial charge is 0.404 e. The minimum Gasteiger partial charge on any atom is -0.404 e. The van der Waals surface area contributed by atoms with E-state index in [1.54, 1.807) is 23.8 Å². The number of thioether (sulfide) groups is 1. The molecule has 3 aromatic heterocycles. The number of nitrogens with one attached hydrogen (secondary N) is 1. The van der Waals surface area contributed by atoms with Crippen LogP contribution in [0.1, 0.15) is 12.8 Å². The number of alkyl halides is 3. The van der Waals surface area contributed by atoms with Gasteiger partial charge >= 0.3 is 6.18 Å². The van der Waals surface area contributed by atoms with Gasteiger partial charge in [0.05, 0.1) is 17.1 Å². The van der Waals surface area contributed by atoms with Crippen LogP contribution in [0.2, 0.25) is 5.02 Å². The van der Waals surface area contributed by atoms with Crippen molar-refractivity contribution in [1.82, 2.24) is 24.3 Å². The van der Waals surface area contributed by atoms with E-state index in [2.05, 4.69) is 32.1 Å². The molecule has 0 amide bonds. The van der Waals surface area contributed by atoms with E-state index in [4.69, 9.17) is 17.3 Å². The topological polar surface area (TPSA) is 119 Å². The first kappa shape index (κ1) is 26.8. The standard InChI is InChI=1S/C23H24ClF3N8OS/c1-3-22(36,13-23(25,26)27)37-21-33-32-20-17-9-14(12-34(17)7-4-8-35(20)21)15-10-19(30-11-16(15)24)31-18(29-2)5-6-28/h3,5-6,9-12,36H,1,4,7-8,13,28H2,2H3,(H,29,30,31). The van der Waals surface area contributed by atoms with Crippen molar-refractivity contribution >= 4 is 35.0 Å². The van der Waals surface area contributed by atoms with Crippen molar-refractivity contribution < 1.29 is 18.3 Å². The van der Waals surface area contributed by atoms with E-state index in [-0.39, 0.29) is 5.16 Å². The van der Waals surface area contributed by atoms with Crippen LogP contribution in [-0.4, -0.2) is 53.4 Å². The number of anilines is 1. The van der Waals surface area contributed by atoms with Crippen LogP contribution >= 0.6 is 23.4 Å². The van der Waals surface area contributed by atoms with E-state index < -0.39 is 17.5 Å². The quantitative estimate of drug-likeness (QED) is 0.128. The van der Waals surface area contributed by atoms with Gasteiger partial charge in [-0.3, -0.25) is 4.99 Å². The fourth-order valence-electron chi connectivity index (χ4n) is 3.90. The van der Waals surface area contributed by atoms with Crippen LogP contribution in [0, 0.1) is 0 Å². The highest BCUT2D eigenvalue weighted by molar-refractivity contribution is 8.00. The van der Waals surface area contributed by atoms with Gasteiger partial charge < -0.3 is 25.3 Å². The number of rotatable bonds is 7. The van der Waals surface area contributed by atoms with E-state index in [1.165, 1.54) is 12.4 Å². The van der Waals surface area contributed by atoms with Crippen LogP contribution < -0.4 is 11.1 Å². The summed E-state index contributed by atoms with van der Waals surface area (Å²) in [6, 6.07) is 3.66. The summed E-state index contributed by atoms with van der Waals surface area (Å²) in [5.74, 6) is 1.50. The van der Waals surface area contributed by atoms with Gasteiger partial charge in [-0.15, -0.1) is 10.2 Å². The van der Waals surface area contributed by atoms with Gasteiger partial charge in [-0.05, 0) is 48.7 Å². The maximum Gasteiger partial charge on any atom is 0.393 e. The van der Waals surface area contributed by atoms with E-state index in [9.17, 15) is 18.3 Å². The number of fused-ring (bicyclic) bond motifs is 3. The highest BCUT2D eigenvalue weighted by atomic mass is 35.5. The molecule has 37 heavy (non-hydrogen) atoms. The second-order valence-corrected chi connectivity index (χ2v) is 9.89. The number of hydrogen-bond donors (Lipinski definition) is 3. The summed E-state index contributed by atoms with van der Waals surface area (Å²) >= 11 is 7.05. The number of aryl methyl sites for hydroxylation is 1. The number of aromatic nitrogens is 5. The van der Waals surface area contributed by atoms with Gasteiger partial charge in [0.1, 0.15) is 16.6 Å². The molecular weight excluding hydrogens is 529 g/mol. The van der Waals surface area contributed by atoms with Crippen LogP contribution in [0.3, 0.4) is 0 Å². The van der Waals surface area contributed by atoms with Crippen molar-refractivity contribution in [3.63, 3.8) is 0 Å². The fraction of sp³-hybridized carbons (Fsp3) is 0.304. The molecule has 0 spiro atoms. The van der Waals surface area contributed by atoms with Crippen LogP contribution in [0.5, 0.6) is 0 Å². The summed E-state index contributed by atoms with van der Waals surface area (Å²) in [6.45, 7) is 4.49. The summed E-state index contributed by atoms with van der Waals surface area (Å²) in [5.41, 5.74) is 7.67. The number of hydrogen-bond acceptors (Lipinski definition) is 7. The molecule has 4 rings (SSSR count). The highest BCUT2D eigenvalue weighted by Gasteiger charge is 2.41. The predicted octanol–water partition coefficient (Wildman–Crippen LogP) is 4.70. The summed E-state index contributed by atoms with van der Waals surface area (Å²) in [6.07, 6.45) is 1.91. The second kappa shape index (κ2) is 10.6. The Morgan fingerprint density at radius 1 is 1.35 bits per heavy atom. The van der Waals surface area contributed by atoms with Crippen molar-refractivity contribution in [1.29, 1.82) is 0 Å². The number of aliphatic imine (C=N–C) groups is 1. The lowest BCUT2D eigenvalue weighted by atomic mass is 10.1. The van der Waals surface area contributed by atoms with E-state index in [0.29, 0.717) is 65.0 Å². The predicted molar refractivity (Wildman–Crippen MR) is 138 cm³/mol. The Balaban J connectivity index is 1.68. The minimum absolute atomic E-state index is 0.172. The zero-order valence-corrected chi connectivity index (χ0v) is 21.3. The van der Waals surface area contributed by atoms with Crippen molar-refractivity contribution in [2.24, 2.45) is 10.7 Å². The van der Waals surface area contributed by atoms with Gasteiger partial charge in [-0.1, -0.05) is 18.2 Å². The molecule has 14 heteroatoms. The lowest BCUT2D eigenvalue weighted by Gasteiger charge is -2.24. The molecule has 0 fully saturated rings. The number of pyridine rings is 1. The van der Waals surface area contributed by atoms with Gasteiger partial charge in [-0.25, -0.2) is 4.98 Å². The molecule has 0 aliphatic carbocycles. The summed E-state index contributed by atoms with van der Waals surface area (Å²) in [7, 11) is 1.62. The fourth-order valence-corrected chi connectivity index (χ4v) is 5.12. The van der Waals surface area contributed by atoms with Gasteiger partial charge in [0.2, 0.25) is 0 Å². The van der Waals surface area contributed by atoms with Crippen LogP contribution in [0.4, 0.5) is 19.0 Å². The summed E-state index contributed by atoms with van der Waals surface area (Å²) in [4.78, 5) is 6.12. The SMILES string of the molecule is C=CC(O)(CC(F)(F)F)Sc1nnc2n1CCCn1cc(-c3cc(NC(C=CN)=NC)ncc3Cl)cc1-2. The second-order valence-electron chi connectivity index (χ2n) is 8.20. The lowest BCUT2D eigenvalue weighted by molar-refractivity contribution is -0.152. The molecule has 1 aliphatic rings. The molecule has 3 aromatic rings. The Kier molecular flexibility index (Phi) is 7.67. The molecule has 4 heterocycles. The van der Waals surface area contributed by atoms with Gasteiger partial charge in [0.25, 0.3) is 0 Å². The molecule has 4 N–H and O–H groups in total. The monoisotopic (exact) mass is 552 g/mol. The summed E-state index contributed by atoms with van der Waals surface area (Å²) < 4.78 is 42.8. The van der Waals surface area contributed by atoms with Crippen molar-refractivity contribution in [2.75, 3.05) is 12.4 Å². The third-order valence-corrected chi connectivity index (χ3v) is 7.03. The lowest BCUT2D eigenvalue weighted by Crippen LogP contribution is -2.29. The van der Waals surface area contributed by atoms with Crippen molar-refractivity contribution in [3.8, 4) is 22.6 Å². The first-order valence-corrected chi connectivity index (χ1v) is 12.3. The Morgan fingerprint density at radius 3 is 2.81 bits per heavy atom. The highest BCUT2D eigenvalue weighted by Crippen LogP contribution is 2.41. The van der Waals surface area contributed by atoms with E-state index >= 15 is 0 Å². The molecule has 1 atom stereocenters. The Bertz CT molecular complexity index is 1370. The third kappa shape index (κ3) is 6.00. The number of aliphatic hydroxyl groups is 1. The third-order valence-electron chi connectivity index (χ3n) is 5.58. The maximum atomic E-state index is 13.0. The average molecular weight is 553 g/mol. The van der Waals surface area contributed by atoms with E-state index in [0.717, 1.165) is 11.6 Å². The van der Waals surface area contributed by atoms with Crippen molar-refractivity contribution in [3.05, 3.63) is 54.5 Å². The molecule has 9 nitrogen and oxygen atoms in total. The zero-order valence-electron chi connectivity index (χ0n) is 19.7. The van der Waals surface area contributed by atoms with Gasteiger partial charge in [0, 0.05) is 43.7 Å². The summed E-state index contributed by atoms with van der Waals surface area (Å²) in [5, 5.41) is 22.5. The van der Waals surface area contributed by atoms with Crippen LogP contribution in [-0.2, 0) is 13.1 Å². The number of nitrogens with zero attached hydrogens (tertiary/aromatic N) is 6. The smallest absolute Gasteiger partial charge is 0.393 e. The normalized spacial score (nSPS) is 15.7. The number of amidine groups is 1. The maximum absolute atomic E-state index is 13.0. The first-order chi connectivity index (χ1) is 17.6. The molecule has 1 aliphatic heterocycles. The Labute approximate surface area is 220 Å². The molecule has 0 saturated heterocycles. The zero-order chi connectivity index (χ0) is 26.8. The minimum atomic E-state index is -4.58. The van der Waals surface area contributed by atoms with E-state index in [1.807, 2.05) is 16.8 Å². The molecule has 196 valence electrons. The Hall–Kier alpha value is -3.29. The Morgan fingerprint density at radius 2 is 2.14 bits per heavy atom. The first-order valence-electron chi connectivity index (χ1n) is 11.1. The molecule has 0 radical (unpaired) electrons. The molecule has 0 saturated carbocycles. The molecule has 0 bridgehead atoms. The van der Waals surface area contributed by atoms with Crippen molar-refractivity contribution in [2.45, 2.75) is 42.2 Å². The van der Waals surface area contributed by atoms with Crippen LogP contribution in [0.25, 0.3) is 22.6 Å². The van der Waals surface area contributed by atoms with Crippen LogP contribution in [0.15, 0.2) is 59.6 Å². The number of halogens is 4. The van der Waals surface area contributed by atoms with Gasteiger partial charge in [0.15, 0.2) is 11.0 Å². The average Bonchev–Trinajstić information content (AvgIpc) is 3.38. The molecular formula is C23H24ClF3N8OS. The van der Waals surface area contributed by atoms with Gasteiger partial charge in [-0.2, -0.15) is 13.2 Å².